The van der Waals surface area contributed by atoms with Crippen LogP contribution in [0.4, 0.5) is 8.78 Å². The number of likely N-dealkylation sites (tertiary alicyclic amines) is 1. The molecule has 4 fully saturated rings. The van der Waals surface area contributed by atoms with Gasteiger partial charge in [0, 0.05) is 59.7 Å². The van der Waals surface area contributed by atoms with Crippen molar-refractivity contribution in [2.45, 2.75) is 68.4 Å². The first-order valence-corrected chi connectivity index (χ1v) is 14.2. The number of fused-ring (bicyclic) bond motifs is 7. The number of aromatic amines is 1. The molecule has 1 aromatic heterocycles. The van der Waals surface area contributed by atoms with Crippen LogP contribution in [0.5, 0.6) is 5.75 Å². The summed E-state index contributed by atoms with van der Waals surface area (Å²) in [4.78, 5) is 7.78. The molecule has 6 aliphatic rings. The van der Waals surface area contributed by atoms with Gasteiger partial charge in [-0.25, -0.2) is 4.39 Å². The van der Waals surface area contributed by atoms with Crippen molar-refractivity contribution in [3.63, 3.8) is 0 Å². The minimum absolute atomic E-state index is 0.0292. The highest BCUT2D eigenvalue weighted by Gasteiger charge is 2.84. The van der Waals surface area contributed by atoms with E-state index in [9.17, 15) is 14.8 Å². The monoisotopic (exact) mass is 530 g/mol. The number of rotatable bonds is 5. The molecular weight excluding hydrogens is 498 g/mol. The lowest BCUT2D eigenvalue weighted by Gasteiger charge is -2.81. The van der Waals surface area contributed by atoms with Crippen LogP contribution in [0.3, 0.4) is 0 Å². The van der Waals surface area contributed by atoms with Gasteiger partial charge in [0.05, 0.1) is 23.9 Å². The van der Waals surface area contributed by atoms with Gasteiger partial charge in [0.2, 0.25) is 0 Å². The number of H-pyrrole nitrogens is 1. The summed E-state index contributed by atoms with van der Waals surface area (Å²) in [6.07, 6.45) is 3.31. The van der Waals surface area contributed by atoms with Crippen molar-refractivity contribution in [2.75, 3.05) is 26.3 Å². The number of alkyl halides is 1. The van der Waals surface area contributed by atoms with Crippen molar-refractivity contribution in [3.05, 3.63) is 64.6 Å². The second-order valence-electron chi connectivity index (χ2n) is 12.5. The molecule has 0 amide bonds. The summed E-state index contributed by atoms with van der Waals surface area (Å²) in [5, 5.41) is 24.1. The Kier molecular flexibility index (Phi) is 4.78. The Balaban J connectivity index is 1.26. The topological polar surface area (TPSA) is 75.5 Å². The van der Waals surface area contributed by atoms with Crippen LogP contribution in [-0.2, 0) is 12.1 Å². The van der Waals surface area contributed by atoms with E-state index in [-0.39, 0.29) is 35.8 Å². The van der Waals surface area contributed by atoms with Gasteiger partial charge in [0.25, 0.3) is 0 Å². The Hall–Kier alpha value is -2.99. The SMILES string of the molecule is C[C@H]1Cc2c([nH]c3ccccc23)[C@@]2(O)c3c(F)cc(O[C@H]4CCN(CCCF)C4)cc3C3C4(C#N)CC3(C4)N12. The summed E-state index contributed by atoms with van der Waals surface area (Å²) in [6, 6.07) is 13.8. The molecule has 6 nitrogen and oxygen atoms in total. The zero-order valence-electron chi connectivity index (χ0n) is 22.0. The fourth-order valence-corrected chi connectivity index (χ4v) is 9.12. The molecule has 0 radical (unpaired) electrons. The smallest absolute Gasteiger partial charge is 0.190 e. The molecule has 3 aromatic rings. The molecule has 1 unspecified atom stereocenters. The van der Waals surface area contributed by atoms with Gasteiger partial charge in [-0.3, -0.25) is 14.2 Å². The molecule has 3 aliphatic carbocycles. The highest BCUT2D eigenvalue weighted by molar-refractivity contribution is 5.86. The number of hydrogen-bond donors (Lipinski definition) is 2. The van der Waals surface area contributed by atoms with E-state index < -0.39 is 17.0 Å². The van der Waals surface area contributed by atoms with Crippen molar-refractivity contribution in [2.24, 2.45) is 5.41 Å². The first kappa shape index (κ1) is 23.9. The van der Waals surface area contributed by atoms with Crippen molar-refractivity contribution >= 4 is 10.9 Å². The van der Waals surface area contributed by atoms with Gasteiger partial charge in [-0.15, -0.1) is 0 Å². The summed E-state index contributed by atoms with van der Waals surface area (Å²) in [5.74, 6) is -0.229. The molecular formula is C31H32F2N4O2. The molecule has 8 heteroatoms. The van der Waals surface area contributed by atoms with Crippen LogP contribution in [-0.4, -0.2) is 63.9 Å². The number of para-hydroxylation sites is 1. The molecule has 1 saturated heterocycles. The molecule has 1 spiro atoms. The first-order chi connectivity index (χ1) is 18.8. The summed E-state index contributed by atoms with van der Waals surface area (Å²) in [5.41, 5.74) is 0.980. The number of ether oxygens (including phenoxy) is 1. The Morgan fingerprint density at radius 3 is 2.87 bits per heavy atom. The fraction of sp³-hybridized carbons (Fsp3) is 0.516. The predicted octanol–water partition coefficient (Wildman–Crippen LogP) is 4.71. The quantitative estimate of drug-likeness (QED) is 0.500. The normalized spacial score (nSPS) is 36.2. The summed E-state index contributed by atoms with van der Waals surface area (Å²) in [7, 11) is 0. The first-order valence-electron chi connectivity index (χ1n) is 14.2. The van der Waals surface area contributed by atoms with E-state index in [0.717, 1.165) is 35.9 Å². The number of halogens is 2. The number of aromatic nitrogens is 1. The standard InChI is InChI=1S/C31H32F2N4O2/c1-18-11-22-21-5-2-3-6-25(21)35-28(22)31(38)26-23(27-29(17-34)15-30(27,16-29)37(18)31)12-20(13-24(26)33)39-19-7-10-36(14-19)9-4-8-32/h2-3,5-6,12-13,18-19,27,35,38H,4,7-11,14-16H2,1H3/t18-,19-,27?,29?,30?,31-/m0/s1. The molecule has 2 bridgehead atoms. The molecule has 2 aromatic carbocycles. The van der Waals surface area contributed by atoms with E-state index in [4.69, 9.17) is 4.74 Å². The van der Waals surface area contributed by atoms with Crippen LogP contribution in [0.25, 0.3) is 10.9 Å². The molecule has 202 valence electrons. The minimum atomic E-state index is -1.67. The molecule has 39 heavy (non-hydrogen) atoms. The van der Waals surface area contributed by atoms with Crippen LogP contribution in [0, 0.1) is 22.6 Å². The Morgan fingerprint density at radius 1 is 1.26 bits per heavy atom. The van der Waals surface area contributed by atoms with E-state index in [1.807, 2.05) is 24.3 Å². The zero-order chi connectivity index (χ0) is 26.7. The summed E-state index contributed by atoms with van der Waals surface area (Å²) >= 11 is 0. The average Bonchev–Trinajstić information content (AvgIpc) is 3.47. The van der Waals surface area contributed by atoms with Crippen LogP contribution >= 0.6 is 0 Å². The molecule has 4 atom stereocenters. The number of nitrogens with one attached hydrogen (secondary N) is 1. The number of nitriles is 1. The Labute approximate surface area is 226 Å². The minimum Gasteiger partial charge on any atom is -0.489 e. The van der Waals surface area contributed by atoms with Crippen molar-refractivity contribution in [1.82, 2.24) is 14.8 Å². The maximum Gasteiger partial charge on any atom is 0.190 e. The summed E-state index contributed by atoms with van der Waals surface area (Å²) in [6.45, 7) is 3.98. The number of aliphatic hydroxyl groups is 1. The van der Waals surface area contributed by atoms with E-state index >= 15 is 4.39 Å². The van der Waals surface area contributed by atoms with Crippen LogP contribution in [0.15, 0.2) is 36.4 Å². The Bertz CT molecular complexity index is 1560. The van der Waals surface area contributed by atoms with Crippen LogP contribution < -0.4 is 4.74 Å². The largest absolute Gasteiger partial charge is 0.489 e. The molecule has 3 saturated carbocycles. The number of nitrogens with zero attached hydrogens (tertiary/aromatic N) is 3. The van der Waals surface area contributed by atoms with Gasteiger partial charge in [-0.05, 0) is 62.3 Å². The Morgan fingerprint density at radius 2 is 2.08 bits per heavy atom. The van der Waals surface area contributed by atoms with Gasteiger partial charge in [-0.2, -0.15) is 5.26 Å². The molecule has 3 aliphatic heterocycles. The van der Waals surface area contributed by atoms with Gasteiger partial charge in [0.1, 0.15) is 17.7 Å². The lowest BCUT2D eigenvalue weighted by Crippen LogP contribution is -2.86. The third kappa shape index (κ3) is 2.83. The third-order valence-corrected chi connectivity index (χ3v) is 10.4. The third-order valence-electron chi connectivity index (χ3n) is 10.4. The van der Waals surface area contributed by atoms with Crippen molar-refractivity contribution in [1.29, 1.82) is 5.26 Å². The van der Waals surface area contributed by atoms with Crippen LogP contribution in [0.1, 0.15) is 60.9 Å². The average molecular weight is 531 g/mol. The van der Waals surface area contributed by atoms with E-state index in [0.29, 0.717) is 49.4 Å². The maximum absolute atomic E-state index is 16.4. The lowest BCUT2D eigenvalue weighted by molar-refractivity contribution is -0.308. The van der Waals surface area contributed by atoms with Gasteiger partial charge in [0.15, 0.2) is 5.72 Å². The van der Waals surface area contributed by atoms with Gasteiger partial charge < -0.3 is 14.8 Å². The van der Waals surface area contributed by atoms with Crippen molar-refractivity contribution < 1.29 is 18.6 Å². The van der Waals surface area contributed by atoms with Crippen molar-refractivity contribution in [3.8, 4) is 11.8 Å². The lowest BCUT2D eigenvalue weighted by atomic mass is 9.29. The number of hydrogen-bond acceptors (Lipinski definition) is 5. The molecule has 4 heterocycles. The van der Waals surface area contributed by atoms with Crippen LogP contribution in [0.2, 0.25) is 0 Å². The second-order valence-corrected chi connectivity index (χ2v) is 12.5. The van der Waals surface area contributed by atoms with E-state index in [2.05, 4.69) is 33.8 Å². The predicted molar refractivity (Wildman–Crippen MR) is 142 cm³/mol. The summed E-state index contributed by atoms with van der Waals surface area (Å²) < 4.78 is 35.4. The number of benzene rings is 2. The maximum atomic E-state index is 16.4. The highest BCUT2D eigenvalue weighted by Crippen LogP contribution is 2.82. The van der Waals surface area contributed by atoms with Gasteiger partial charge in [-0.1, -0.05) is 18.2 Å². The zero-order valence-corrected chi connectivity index (χ0v) is 22.0. The van der Waals surface area contributed by atoms with E-state index in [1.54, 1.807) is 0 Å². The molecule has 2 N–H and O–H groups in total. The van der Waals surface area contributed by atoms with E-state index in [1.165, 1.54) is 6.07 Å². The van der Waals surface area contributed by atoms with Gasteiger partial charge >= 0.3 is 0 Å². The fourth-order valence-electron chi connectivity index (χ4n) is 9.12. The highest BCUT2D eigenvalue weighted by atomic mass is 19.1. The molecule has 9 rings (SSSR count). The second kappa shape index (κ2) is 7.81.